The summed E-state index contributed by atoms with van der Waals surface area (Å²) >= 11 is 0. The molecule has 1 aromatic rings. The Morgan fingerprint density at radius 2 is 2.03 bits per heavy atom. The summed E-state index contributed by atoms with van der Waals surface area (Å²) in [5.41, 5.74) is 1.33. The fraction of sp³-hybridized carbons (Fsp3) is 0.667. The van der Waals surface area contributed by atoms with Crippen LogP contribution in [-0.4, -0.2) is 62.0 Å². The lowest BCUT2D eigenvalue weighted by Gasteiger charge is -2.38. The van der Waals surface area contributed by atoms with Crippen LogP contribution in [0.5, 0.6) is 0 Å². The van der Waals surface area contributed by atoms with Crippen LogP contribution in [0.2, 0.25) is 0 Å². The summed E-state index contributed by atoms with van der Waals surface area (Å²) in [7, 11) is 0. The first kappa shape index (κ1) is 23.5. The van der Waals surface area contributed by atoms with E-state index >= 15 is 0 Å². The molecule has 29 heavy (non-hydrogen) atoms. The maximum absolute atomic E-state index is 12.1. The molecule has 1 fully saturated rings. The van der Waals surface area contributed by atoms with Crippen LogP contribution >= 0.6 is 0 Å². The van der Waals surface area contributed by atoms with E-state index in [0.29, 0.717) is 25.0 Å². The van der Waals surface area contributed by atoms with Crippen molar-refractivity contribution < 1.29 is 17.9 Å². The molecule has 0 aromatic heterocycles. The van der Waals surface area contributed by atoms with Gasteiger partial charge in [0.15, 0.2) is 5.96 Å². The molecule has 164 valence electrons. The minimum Gasteiger partial charge on any atom is -0.372 e. The van der Waals surface area contributed by atoms with Crippen LogP contribution in [-0.2, 0) is 11.3 Å². The number of ether oxygens (including phenoxy) is 1. The third kappa shape index (κ3) is 9.49. The Morgan fingerprint density at radius 3 is 2.69 bits per heavy atom. The molecule has 1 aliphatic rings. The predicted molar refractivity (Wildman–Crippen MR) is 110 cm³/mol. The van der Waals surface area contributed by atoms with E-state index in [1.807, 2.05) is 13.0 Å². The molecule has 0 spiro atoms. The average Bonchev–Trinajstić information content (AvgIpc) is 2.67. The van der Waals surface area contributed by atoms with Crippen molar-refractivity contribution in [2.45, 2.75) is 57.9 Å². The minimum absolute atomic E-state index is 0.0529. The van der Waals surface area contributed by atoms with Crippen molar-refractivity contribution in [1.82, 2.24) is 15.5 Å². The summed E-state index contributed by atoms with van der Waals surface area (Å²) in [6, 6.07) is 11.3. The van der Waals surface area contributed by atoms with Gasteiger partial charge in [0.2, 0.25) is 0 Å². The van der Waals surface area contributed by atoms with Gasteiger partial charge in [0.05, 0.1) is 0 Å². The second-order valence-corrected chi connectivity index (χ2v) is 7.45. The fourth-order valence-electron chi connectivity index (χ4n) is 3.46. The summed E-state index contributed by atoms with van der Waals surface area (Å²) in [5.74, 6) is 0.719. The summed E-state index contributed by atoms with van der Waals surface area (Å²) in [5, 5.41) is 6.69. The Bertz CT molecular complexity index is 610. The molecule has 5 nitrogen and oxygen atoms in total. The van der Waals surface area contributed by atoms with E-state index in [4.69, 9.17) is 0 Å². The minimum atomic E-state index is -4.27. The van der Waals surface area contributed by atoms with E-state index in [1.165, 1.54) is 5.56 Å². The Kier molecular flexibility index (Phi) is 9.73. The summed E-state index contributed by atoms with van der Waals surface area (Å²) in [4.78, 5) is 6.97. The van der Waals surface area contributed by atoms with Crippen molar-refractivity contribution in [1.29, 1.82) is 0 Å². The van der Waals surface area contributed by atoms with Crippen molar-refractivity contribution in [2.75, 3.05) is 32.8 Å². The molecule has 2 unspecified atom stereocenters. The molecule has 0 saturated carbocycles. The molecule has 8 heteroatoms. The number of guanidine groups is 1. The van der Waals surface area contributed by atoms with Gasteiger partial charge in [0.1, 0.15) is 6.61 Å². The fourth-order valence-corrected chi connectivity index (χ4v) is 3.46. The number of benzene rings is 1. The molecular formula is C21H33F3N4O. The standard InChI is InChI=1S/C21H33F3N4O/c1-3-25-20(26-11-7-13-29-16-21(22,23)24)27-19-10-12-28(17(2)14-19)15-18-8-5-4-6-9-18/h4-6,8-9,17,19H,3,7,10-16H2,1-2H3,(H2,25,26,27). The van der Waals surface area contributed by atoms with Gasteiger partial charge in [-0.05, 0) is 38.7 Å². The number of halogens is 3. The molecule has 1 aliphatic heterocycles. The number of alkyl halides is 3. The number of rotatable bonds is 9. The summed E-state index contributed by atoms with van der Waals surface area (Å²) in [6.07, 6.45) is -1.77. The SMILES string of the molecule is CCNC(=NCCCOCC(F)(F)F)NC1CCN(Cc2ccccc2)C(C)C1. The van der Waals surface area contributed by atoms with Crippen LogP contribution in [0.15, 0.2) is 35.3 Å². The maximum Gasteiger partial charge on any atom is 0.411 e. The lowest BCUT2D eigenvalue weighted by Crippen LogP contribution is -2.51. The molecule has 0 aliphatic carbocycles. The monoisotopic (exact) mass is 414 g/mol. The van der Waals surface area contributed by atoms with Gasteiger partial charge in [-0.2, -0.15) is 13.2 Å². The van der Waals surface area contributed by atoms with Crippen molar-refractivity contribution in [3.63, 3.8) is 0 Å². The molecule has 0 bridgehead atoms. The first-order valence-electron chi connectivity index (χ1n) is 10.3. The number of nitrogens with zero attached hydrogens (tertiary/aromatic N) is 2. The molecule has 0 amide bonds. The average molecular weight is 415 g/mol. The largest absolute Gasteiger partial charge is 0.411 e. The highest BCUT2D eigenvalue weighted by atomic mass is 19.4. The summed E-state index contributed by atoms with van der Waals surface area (Å²) in [6.45, 7) is 6.23. The quantitative estimate of drug-likeness (QED) is 0.369. The zero-order chi connectivity index (χ0) is 21.1. The number of hydrogen-bond donors (Lipinski definition) is 2. The van der Waals surface area contributed by atoms with Crippen LogP contribution in [0.25, 0.3) is 0 Å². The normalized spacial score (nSPS) is 21.2. The van der Waals surface area contributed by atoms with E-state index in [1.54, 1.807) is 0 Å². The number of aliphatic imine (C=N–C) groups is 1. The molecule has 1 saturated heterocycles. The van der Waals surface area contributed by atoms with Crippen LogP contribution < -0.4 is 10.6 Å². The van der Waals surface area contributed by atoms with Crippen molar-refractivity contribution >= 4 is 5.96 Å². The van der Waals surface area contributed by atoms with Crippen LogP contribution in [0, 0.1) is 0 Å². The molecule has 1 aromatic carbocycles. The molecule has 1 heterocycles. The second-order valence-electron chi connectivity index (χ2n) is 7.45. The highest BCUT2D eigenvalue weighted by Crippen LogP contribution is 2.20. The van der Waals surface area contributed by atoms with Crippen LogP contribution in [0.1, 0.15) is 38.7 Å². The third-order valence-electron chi connectivity index (χ3n) is 4.91. The van der Waals surface area contributed by atoms with Gasteiger partial charge in [-0.1, -0.05) is 30.3 Å². The first-order valence-corrected chi connectivity index (χ1v) is 10.3. The van der Waals surface area contributed by atoms with Gasteiger partial charge in [0.25, 0.3) is 0 Å². The Hall–Kier alpha value is -1.80. The van der Waals surface area contributed by atoms with Crippen LogP contribution in [0.4, 0.5) is 13.2 Å². The van der Waals surface area contributed by atoms with E-state index in [9.17, 15) is 13.2 Å². The van der Waals surface area contributed by atoms with E-state index < -0.39 is 12.8 Å². The number of nitrogens with one attached hydrogen (secondary N) is 2. The van der Waals surface area contributed by atoms with Crippen molar-refractivity contribution in [3.05, 3.63) is 35.9 Å². The summed E-state index contributed by atoms with van der Waals surface area (Å²) < 4.78 is 40.8. The highest BCUT2D eigenvalue weighted by Gasteiger charge is 2.27. The Labute approximate surface area is 171 Å². The highest BCUT2D eigenvalue weighted by molar-refractivity contribution is 5.80. The molecule has 2 N–H and O–H groups in total. The van der Waals surface area contributed by atoms with Gasteiger partial charge in [-0.25, -0.2) is 0 Å². The van der Waals surface area contributed by atoms with Gasteiger partial charge >= 0.3 is 6.18 Å². The number of likely N-dealkylation sites (tertiary alicyclic amines) is 1. The van der Waals surface area contributed by atoms with Gasteiger partial charge in [0, 0.05) is 44.9 Å². The second kappa shape index (κ2) is 12.0. The van der Waals surface area contributed by atoms with Gasteiger partial charge in [-0.15, -0.1) is 0 Å². The van der Waals surface area contributed by atoms with E-state index in [-0.39, 0.29) is 6.61 Å². The van der Waals surface area contributed by atoms with Crippen LogP contribution in [0.3, 0.4) is 0 Å². The Morgan fingerprint density at radius 1 is 1.28 bits per heavy atom. The zero-order valence-electron chi connectivity index (χ0n) is 17.3. The number of piperidine rings is 1. The van der Waals surface area contributed by atoms with Gasteiger partial charge in [-0.3, -0.25) is 9.89 Å². The first-order chi connectivity index (χ1) is 13.9. The van der Waals surface area contributed by atoms with E-state index in [0.717, 1.165) is 38.4 Å². The predicted octanol–water partition coefficient (Wildman–Crippen LogP) is 3.56. The van der Waals surface area contributed by atoms with E-state index in [2.05, 4.69) is 56.5 Å². The lowest BCUT2D eigenvalue weighted by molar-refractivity contribution is -0.173. The molecule has 2 atom stereocenters. The van der Waals surface area contributed by atoms with Crippen molar-refractivity contribution in [2.24, 2.45) is 4.99 Å². The third-order valence-corrected chi connectivity index (χ3v) is 4.91. The van der Waals surface area contributed by atoms with Crippen molar-refractivity contribution in [3.8, 4) is 0 Å². The molecule has 2 rings (SSSR count). The lowest BCUT2D eigenvalue weighted by atomic mass is 9.97. The number of hydrogen-bond acceptors (Lipinski definition) is 3. The smallest absolute Gasteiger partial charge is 0.372 e. The van der Waals surface area contributed by atoms with Gasteiger partial charge < -0.3 is 15.4 Å². The topological polar surface area (TPSA) is 48.9 Å². The maximum atomic E-state index is 12.1. The Balaban J connectivity index is 1.74. The zero-order valence-corrected chi connectivity index (χ0v) is 17.3. The molecular weight excluding hydrogens is 381 g/mol. The molecule has 0 radical (unpaired) electrons.